The van der Waals surface area contributed by atoms with E-state index in [2.05, 4.69) is 35.8 Å². The van der Waals surface area contributed by atoms with Crippen molar-refractivity contribution in [2.24, 2.45) is 10.8 Å². The summed E-state index contributed by atoms with van der Waals surface area (Å²) in [4.78, 5) is 18.1. The topological polar surface area (TPSA) is 23.6 Å². The third-order valence-electron chi connectivity index (χ3n) is 6.22. The van der Waals surface area contributed by atoms with E-state index in [1.54, 1.807) is 0 Å². The van der Waals surface area contributed by atoms with Gasteiger partial charge in [0.2, 0.25) is 0 Å². The van der Waals surface area contributed by atoms with Gasteiger partial charge in [0.15, 0.2) is 0 Å². The van der Waals surface area contributed by atoms with Gasteiger partial charge in [0.05, 0.1) is 17.0 Å². The summed E-state index contributed by atoms with van der Waals surface area (Å²) in [5.74, 6) is 0.523. The predicted octanol–water partition coefficient (Wildman–Crippen LogP) is 3.35. The molecule has 0 amide bonds. The van der Waals surface area contributed by atoms with Crippen molar-refractivity contribution in [2.75, 3.05) is 26.2 Å². The summed E-state index contributed by atoms with van der Waals surface area (Å²) in [7, 11) is 0. The fourth-order valence-electron chi connectivity index (χ4n) is 5.04. The van der Waals surface area contributed by atoms with Crippen molar-refractivity contribution in [2.45, 2.75) is 32.9 Å². The van der Waals surface area contributed by atoms with E-state index in [-0.39, 0.29) is 17.0 Å². The second-order valence-electron chi connectivity index (χ2n) is 7.30. The Bertz CT molecular complexity index is 587. The normalized spacial score (nSPS) is 42.9. The van der Waals surface area contributed by atoms with Crippen LogP contribution >= 0.6 is 11.6 Å². The molecule has 118 valence electrons. The maximum Gasteiger partial charge on any atom is 0.150 e. The Balaban J connectivity index is 1.78. The molecular formula is C18H23ClN2O. The number of ketones is 1. The SMILES string of the molecule is CCC12CN3CC(CC)(CN(C1)C3c1ccccc1Cl)C2=O. The second kappa shape index (κ2) is 4.80. The zero-order valence-corrected chi connectivity index (χ0v) is 14.1. The number of carbonyl (C=O) groups is 1. The zero-order valence-electron chi connectivity index (χ0n) is 13.3. The van der Waals surface area contributed by atoms with Gasteiger partial charge in [-0.15, -0.1) is 0 Å². The van der Waals surface area contributed by atoms with Gasteiger partial charge in [0.25, 0.3) is 0 Å². The molecule has 4 aliphatic heterocycles. The summed E-state index contributed by atoms with van der Waals surface area (Å²) < 4.78 is 0. The number of nitrogens with zero attached hydrogens (tertiary/aromatic N) is 2. The monoisotopic (exact) mass is 318 g/mol. The molecule has 0 unspecified atom stereocenters. The highest BCUT2D eigenvalue weighted by Crippen LogP contribution is 2.55. The number of hydrogen-bond donors (Lipinski definition) is 0. The molecule has 4 fully saturated rings. The van der Waals surface area contributed by atoms with Gasteiger partial charge in [-0.05, 0) is 18.9 Å². The number of hydrogen-bond acceptors (Lipinski definition) is 3. The lowest BCUT2D eigenvalue weighted by atomic mass is 9.58. The fraction of sp³-hybridized carbons (Fsp3) is 0.611. The van der Waals surface area contributed by atoms with Gasteiger partial charge in [-0.25, -0.2) is 0 Å². The molecule has 3 nitrogen and oxygen atoms in total. The molecule has 4 aliphatic rings. The maximum atomic E-state index is 13.1. The van der Waals surface area contributed by atoms with Gasteiger partial charge in [0, 0.05) is 36.8 Å². The number of benzene rings is 1. The van der Waals surface area contributed by atoms with E-state index >= 15 is 0 Å². The molecule has 4 heterocycles. The van der Waals surface area contributed by atoms with Gasteiger partial charge < -0.3 is 0 Å². The summed E-state index contributed by atoms with van der Waals surface area (Å²) in [6.45, 7) is 7.88. The number of piperidine rings is 2. The van der Waals surface area contributed by atoms with Crippen LogP contribution in [0.2, 0.25) is 5.02 Å². The van der Waals surface area contributed by atoms with Crippen LogP contribution in [0.25, 0.3) is 0 Å². The van der Waals surface area contributed by atoms with Crippen LogP contribution in [-0.4, -0.2) is 41.8 Å². The van der Waals surface area contributed by atoms with E-state index in [9.17, 15) is 4.79 Å². The molecule has 4 saturated heterocycles. The lowest BCUT2D eigenvalue weighted by molar-refractivity contribution is -0.204. The Kier molecular flexibility index (Phi) is 3.20. The van der Waals surface area contributed by atoms with Crippen molar-refractivity contribution in [3.05, 3.63) is 34.9 Å². The highest BCUT2D eigenvalue weighted by atomic mass is 35.5. The van der Waals surface area contributed by atoms with Gasteiger partial charge in [-0.3, -0.25) is 14.6 Å². The number of halogens is 1. The molecule has 1 aromatic rings. The molecule has 4 heteroatoms. The Labute approximate surface area is 137 Å². The molecule has 0 saturated carbocycles. The average molecular weight is 319 g/mol. The summed E-state index contributed by atoms with van der Waals surface area (Å²) >= 11 is 6.46. The molecule has 0 atom stereocenters. The highest BCUT2D eigenvalue weighted by Gasteiger charge is 2.64. The number of carbonyl (C=O) groups excluding carboxylic acids is 1. The zero-order chi connectivity index (χ0) is 15.5. The molecule has 22 heavy (non-hydrogen) atoms. The van der Waals surface area contributed by atoms with Crippen molar-refractivity contribution in [1.29, 1.82) is 0 Å². The molecule has 5 rings (SSSR count). The van der Waals surface area contributed by atoms with E-state index < -0.39 is 0 Å². The van der Waals surface area contributed by atoms with E-state index in [1.165, 1.54) is 5.56 Å². The lowest BCUT2D eigenvalue weighted by Gasteiger charge is -2.66. The van der Waals surface area contributed by atoms with Crippen molar-refractivity contribution in [3.8, 4) is 0 Å². The smallest absolute Gasteiger partial charge is 0.150 e. The van der Waals surface area contributed by atoms with Crippen LogP contribution in [0.15, 0.2) is 24.3 Å². The summed E-state index contributed by atoms with van der Waals surface area (Å²) in [6.07, 6.45) is 2.12. The van der Waals surface area contributed by atoms with Crippen molar-refractivity contribution in [3.63, 3.8) is 0 Å². The van der Waals surface area contributed by atoms with Gasteiger partial charge in [0.1, 0.15) is 5.78 Å². The van der Waals surface area contributed by atoms with E-state index in [1.807, 2.05) is 12.1 Å². The van der Waals surface area contributed by atoms with Crippen LogP contribution in [0, 0.1) is 10.8 Å². The molecule has 0 N–H and O–H groups in total. The van der Waals surface area contributed by atoms with Crippen LogP contribution in [0.3, 0.4) is 0 Å². The first kappa shape index (κ1) is 14.7. The largest absolute Gasteiger partial charge is 0.298 e. The Morgan fingerprint density at radius 3 is 2.00 bits per heavy atom. The first-order valence-corrected chi connectivity index (χ1v) is 8.70. The van der Waals surface area contributed by atoms with Crippen molar-refractivity contribution >= 4 is 17.4 Å². The summed E-state index contributed by atoms with van der Waals surface area (Å²) in [5, 5.41) is 0.836. The van der Waals surface area contributed by atoms with Gasteiger partial charge in [-0.1, -0.05) is 43.6 Å². The molecule has 0 spiro atoms. The Morgan fingerprint density at radius 1 is 1.05 bits per heavy atom. The quantitative estimate of drug-likeness (QED) is 0.854. The van der Waals surface area contributed by atoms with Gasteiger partial charge >= 0.3 is 0 Å². The molecule has 4 bridgehead atoms. The Hall–Kier alpha value is -0.900. The minimum atomic E-state index is -0.162. The van der Waals surface area contributed by atoms with E-state index in [0.29, 0.717) is 5.78 Å². The van der Waals surface area contributed by atoms with Gasteiger partial charge in [-0.2, -0.15) is 0 Å². The maximum absolute atomic E-state index is 13.1. The van der Waals surface area contributed by atoms with E-state index in [0.717, 1.165) is 44.0 Å². The van der Waals surface area contributed by atoms with Crippen LogP contribution < -0.4 is 0 Å². The van der Waals surface area contributed by atoms with Crippen molar-refractivity contribution < 1.29 is 4.79 Å². The van der Waals surface area contributed by atoms with E-state index in [4.69, 9.17) is 11.6 Å². The third-order valence-corrected chi connectivity index (χ3v) is 6.56. The predicted molar refractivity (Wildman–Crippen MR) is 87.8 cm³/mol. The number of Topliss-reactive ketones (excluding diaryl/α,β-unsaturated/α-hetero) is 1. The molecular weight excluding hydrogens is 296 g/mol. The number of rotatable bonds is 3. The summed E-state index contributed by atoms with van der Waals surface area (Å²) in [6, 6.07) is 8.15. The highest BCUT2D eigenvalue weighted by molar-refractivity contribution is 6.31. The minimum absolute atomic E-state index is 0.162. The van der Waals surface area contributed by atoms with Crippen LogP contribution in [0.4, 0.5) is 0 Å². The van der Waals surface area contributed by atoms with Crippen LogP contribution in [-0.2, 0) is 4.79 Å². The standard InChI is InChI=1S/C18H23ClN2O/c1-3-17-9-20-11-18(4-2,16(17)22)12-21(10-17)15(20)13-7-5-6-8-14(13)19/h5-8,15H,3-4,9-12H2,1-2H3. The first-order chi connectivity index (χ1) is 10.6. The third kappa shape index (κ3) is 1.73. The van der Waals surface area contributed by atoms with Crippen LogP contribution in [0.1, 0.15) is 38.4 Å². The van der Waals surface area contributed by atoms with Crippen LogP contribution in [0.5, 0.6) is 0 Å². The fourth-order valence-corrected chi connectivity index (χ4v) is 5.27. The lowest BCUT2D eigenvalue weighted by Crippen LogP contribution is -2.76. The molecule has 0 aliphatic carbocycles. The molecule has 0 aromatic heterocycles. The van der Waals surface area contributed by atoms with Crippen molar-refractivity contribution in [1.82, 2.24) is 9.80 Å². The first-order valence-electron chi connectivity index (χ1n) is 8.33. The Morgan fingerprint density at radius 2 is 1.55 bits per heavy atom. The second-order valence-corrected chi connectivity index (χ2v) is 7.71. The molecule has 0 radical (unpaired) electrons. The summed E-state index contributed by atoms with van der Waals surface area (Å²) in [5.41, 5.74) is 0.863. The molecule has 1 aromatic carbocycles. The average Bonchev–Trinajstić information content (AvgIpc) is 2.52. The minimum Gasteiger partial charge on any atom is -0.298 e.